The van der Waals surface area contributed by atoms with E-state index in [0.29, 0.717) is 5.65 Å². The number of hydrogen-bond acceptors (Lipinski definition) is 5. The molecule has 1 aromatic carbocycles. The van der Waals surface area contributed by atoms with Crippen LogP contribution in [0.4, 0.5) is 5.69 Å². The van der Waals surface area contributed by atoms with Gasteiger partial charge in [0.25, 0.3) is 0 Å². The molecular formula is C22H21N5OS. The zero-order valence-corrected chi connectivity index (χ0v) is 16.7. The molecule has 1 amide bonds. The first-order chi connectivity index (χ1) is 14.3. The van der Waals surface area contributed by atoms with E-state index in [-0.39, 0.29) is 11.8 Å². The minimum atomic E-state index is 0.129. The summed E-state index contributed by atoms with van der Waals surface area (Å²) in [7, 11) is 0. The topological polar surface area (TPSA) is 72.2 Å². The van der Waals surface area contributed by atoms with Crippen molar-refractivity contribution in [3.05, 3.63) is 53.9 Å². The second kappa shape index (κ2) is 7.75. The predicted octanol–water partition coefficient (Wildman–Crippen LogP) is 5.04. The highest BCUT2D eigenvalue weighted by atomic mass is 32.1. The van der Waals surface area contributed by atoms with Crippen LogP contribution in [0.1, 0.15) is 32.1 Å². The number of hydrogen-bond donors (Lipinski definition) is 1. The molecule has 0 bridgehead atoms. The summed E-state index contributed by atoms with van der Waals surface area (Å²) in [6.07, 6.45) is 5.51. The van der Waals surface area contributed by atoms with E-state index in [0.717, 1.165) is 53.3 Å². The summed E-state index contributed by atoms with van der Waals surface area (Å²) < 4.78 is 1.77. The van der Waals surface area contributed by atoms with Crippen LogP contribution in [0.3, 0.4) is 0 Å². The van der Waals surface area contributed by atoms with Crippen LogP contribution in [0.2, 0.25) is 0 Å². The lowest BCUT2D eigenvalue weighted by molar-refractivity contribution is -0.120. The van der Waals surface area contributed by atoms with Gasteiger partial charge in [-0.3, -0.25) is 4.79 Å². The number of amides is 1. The number of rotatable bonds is 4. The number of fused-ring (bicyclic) bond motifs is 1. The van der Waals surface area contributed by atoms with Gasteiger partial charge >= 0.3 is 0 Å². The Kier molecular flexibility index (Phi) is 4.81. The predicted molar refractivity (Wildman–Crippen MR) is 115 cm³/mol. The minimum absolute atomic E-state index is 0.129. The monoisotopic (exact) mass is 403 g/mol. The SMILES string of the molecule is O=C(Nc1cccc(-c2ccc3nnc(-c4cccs4)n3n2)c1)C1CCCCC1. The second-order valence-electron chi connectivity index (χ2n) is 7.39. The molecule has 1 aliphatic carbocycles. The van der Waals surface area contributed by atoms with Crippen LogP contribution in [0.5, 0.6) is 0 Å². The van der Waals surface area contributed by atoms with Crippen LogP contribution >= 0.6 is 11.3 Å². The number of benzene rings is 1. The number of thiophene rings is 1. The Balaban J connectivity index is 1.43. The van der Waals surface area contributed by atoms with Gasteiger partial charge in [0.15, 0.2) is 11.5 Å². The summed E-state index contributed by atoms with van der Waals surface area (Å²) in [5, 5.41) is 18.4. The lowest BCUT2D eigenvalue weighted by atomic mass is 9.88. The Morgan fingerprint density at radius 3 is 2.76 bits per heavy atom. The summed E-state index contributed by atoms with van der Waals surface area (Å²) in [5.41, 5.74) is 3.27. The van der Waals surface area contributed by atoms with Crippen LogP contribution < -0.4 is 5.32 Å². The van der Waals surface area contributed by atoms with Gasteiger partial charge in [-0.1, -0.05) is 37.5 Å². The highest BCUT2D eigenvalue weighted by Crippen LogP contribution is 2.27. The smallest absolute Gasteiger partial charge is 0.227 e. The van der Waals surface area contributed by atoms with Gasteiger partial charge in [-0.05, 0) is 48.6 Å². The number of aromatic nitrogens is 4. The summed E-state index contributed by atoms with van der Waals surface area (Å²) in [6, 6.07) is 15.7. The molecule has 0 saturated heterocycles. The maximum absolute atomic E-state index is 12.6. The Morgan fingerprint density at radius 2 is 1.93 bits per heavy atom. The Labute approximate surface area is 172 Å². The normalized spacial score (nSPS) is 14.9. The van der Waals surface area contributed by atoms with Crippen LogP contribution in [0.15, 0.2) is 53.9 Å². The van der Waals surface area contributed by atoms with Gasteiger partial charge in [-0.2, -0.15) is 9.61 Å². The van der Waals surface area contributed by atoms with Crippen LogP contribution in [0, 0.1) is 5.92 Å². The first-order valence-electron chi connectivity index (χ1n) is 9.95. The molecule has 4 aromatic rings. The van der Waals surface area contributed by atoms with Crippen molar-refractivity contribution in [2.45, 2.75) is 32.1 Å². The van der Waals surface area contributed by atoms with Crippen molar-refractivity contribution < 1.29 is 4.79 Å². The molecule has 0 unspecified atom stereocenters. The van der Waals surface area contributed by atoms with E-state index in [9.17, 15) is 4.79 Å². The fourth-order valence-corrected chi connectivity index (χ4v) is 4.56. The van der Waals surface area contributed by atoms with Crippen LogP contribution in [-0.2, 0) is 4.79 Å². The van der Waals surface area contributed by atoms with Crippen molar-refractivity contribution in [2.24, 2.45) is 5.92 Å². The highest BCUT2D eigenvalue weighted by molar-refractivity contribution is 7.13. The van der Waals surface area contributed by atoms with Crippen LogP contribution in [0.25, 0.3) is 27.6 Å². The molecule has 146 valence electrons. The fourth-order valence-electron chi connectivity index (χ4n) is 3.87. The Hall–Kier alpha value is -3.06. The number of carbonyl (C=O) groups is 1. The summed E-state index contributed by atoms with van der Waals surface area (Å²) in [6.45, 7) is 0. The first-order valence-corrected chi connectivity index (χ1v) is 10.8. The third-order valence-corrected chi connectivity index (χ3v) is 6.27. The summed E-state index contributed by atoms with van der Waals surface area (Å²) in [4.78, 5) is 13.6. The van der Waals surface area contributed by atoms with Gasteiger partial charge in [0.1, 0.15) is 0 Å². The molecule has 6 nitrogen and oxygen atoms in total. The van der Waals surface area contributed by atoms with E-state index in [2.05, 4.69) is 15.5 Å². The number of nitrogens with zero attached hydrogens (tertiary/aromatic N) is 4. The lowest BCUT2D eigenvalue weighted by Crippen LogP contribution is -2.24. The van der Waals surface area contributed by atoms with Crippen molar-refractivity contribution in [1.29, 1.82) is 0 Å². The zero-order chi connectivity index (χ0) is 19.6. The first kappa shape index (κ1) is 18.0. The standard InChI is InChI=1S/C22H21N5OS/c28-22(15-6-2-1-3-7-15)23-17-9-4-8-16(14-17)18-11-12-20-24-25-21(27(20)26-18)19-10-5-13-29-19/h4-5,8-15H,1-3,6-7H2,(H,23,28). The molecule has 3 aromatic heterocycles. The van der Waals surface area contributed by atoms with Crippen molar-refractivity contribution in [2.75, 3.05) is 5.32 Å². The molecule has 0 spiro atoms. The second-order valence-corrected chi connectivity index (χ2v) is 8.34. The number of nitrogens with one attached hydrogen (secondary N) is 1. The maximum Gasteiger partial charge on any atom is 0.227 e. The van der Waals surface area contributed by atoms with E-state index in [1.165, 1.54) is 6.42 Å². The molecule has 0 aliphatic heterocycles. The van der Waals surface area contributed by atoms with Crippen LogP contribution in [-0.4, -0.2) is 25.7 Å². The van der Waals surface area contributed by atoms with Gasteiger partial charge in [0.05, 0.1) is 10.6 Å². The summed E-state index contributed by atoms with van der Waals surface area (Å²) in [5.74, 6) is 0.995. The molecular weight excluding hydrogens is 382 g/mol. The Bertz CT molecular complexity index is 1150. The summed E-state index contributed by atoms with van der Waals surface area (Å²) >= 11 is 1.61. The van der Waals surface area contributed by atoms with E-state index < -0.39 is 0 Å². The molecule has 1 saturated carbocycles. The van der Waals surface area contributed by atoms with Gasteiger partial charge in [-0.15, -0.1) is 21.5 Å². The molecule has 0 atom stereocenters. The molecule has 1 aliphatic rings. The molecule has 5 rings (SSSR count). The molecule has 3 heterocycles. The van der Waals surface area contributed by atoms with Gasteiger partial charge in [0.2, 0.25) is 5.91 Å². The van der Waals surface area contributed by atoms with E-state index in [1.54, 1.807) is 15.9 Å². The van der Waals surface area contributed by atoms with Gasteiger partial charge in [0, 0.05) is 17.2 Å². The quantitative estimate of drug-likeness (QED) is 0.518. The number of carbonyl (C=O) groups excluding carboxylic acids is 1. The van der Waals surface area contributed by atoms with E-state index in [4.69, 9.17) is 5.10 Å². The molecule has 7 heteroatoms. The van der Waals surface area contributed by atoms with Gasteiger partial charge < -0.3 is 5.32 Å². The van der Waals surface area contributed by atoms with Crippen molar-refractivity contribution in [3.63, 3.8) is 0 Å². The third kappa shape index (κ3) is 3.65. The molecule has 0 radical (unpaired) electrons. The maximum atomic E-state index is 12.6. The highest BCUT2D eigenvalue weighted by Gasteiger charge is 2.21. The lowest BCUT2D eigenvalue weighted by Gasteiger charge is -2.20. The van der Waals surface area contributed by atoms with Crippen molar-refractivity contribution >= 4 is 28.6 Å². The molecule has 1 N–H and O–H groups in total. The molecule has 1 fully saturated rings. The third-order valence-electron chi connectivity index (χ3n) is 5.41. The van der Waals surface area contributed by atoms with Crippen molar-refractivity contribution in [3.8, 4) is 22.0 Å². The van der Waals surface area contributed by atoms with Crippen molar-refractivity contribution in [1.82, 2.24) is 19.8 Å². The van der Waals surface area contributed by atoms with Gasteiger partial charge in [-0.25, -0.2) is 0 Å². The minimum Gasteiger partial charge on any atom is -0.326 e. The average Bonchev–Trinajstić information content (AvgIpc) is 3.43. The number of anilines is 1. The Morgan fingerprint density at radius 1 is 1.03 bits per heavy atom. The fraction of sp³-hybridized carbons (Fsp3) is 0.273. The van der Waals surface area contributed by atoms with E-state index in [1.807, 2.05) is 53.9 Å². The zero-order valence-electron chi connectivity index (χ0n) is 15.9. The molecule has 29 heavy (non-hydrogen) atoms. The van der Waals surface area contributed by atoms with E-state index >= 15 is 0 Å². The average molecular weight is 404 g/mol. The largest absolute Gasteiger partial charge is 0.326 e.